The minimum absolute atomic E-state index is 0.0288. The van der Waals surface area contributed by atoms with E-state index in [1.54, 1.807) is 0 Å². The number of nitrogens with zero attached hydrogens (tertiary/aromatic N) is 1. The van der Waals surface area contributed by atoms with Crippen LogP contribution in [0.1, 0.15) is 45.4 Å². The van der Waals surface area contributed by atoms with E-state index in [1.807, 2.05) is 0 Å². The number of rotatable bonds is 6. The van der Waals surface area contributed by atoms with E-state index in [2.05, 4.69) is 24.2 Å². The van der Waals surface area contributed by atoms with Crippen molar-refractivity contribution in [2.24, 2.45) is 5.92 Å². The van der Waals surface area contributed by atoms with E-state index in [-0.39, 0.29) is 24.3 Å². The lowest BCUT2D eigenvalue weighted by Gasteiger charge is -2.38. The smallest absolute Gasteiger partial charge is 0.252 e. The van der Waals surface area contributed by atoms with Crippen molar-refractivity contribution in [2.45, 2.75) is 56.9 Å². The van der Waals surface area contributed by atoms with E-state index in [1.165, 1.54) is 12.8 Å². The maximum Gasteiger partial charge on any atom is 0.252 e. The first kappa shape index (κ1) is 14.7. The molecular formula is C14H24F2N2O. The van der Waals surface area contributed by atoms with Crippen molar-refractivity contribution in [3.63, 3.8) is 0 Å². The standard InChI is InChI=1S/C14H24F2N2O/c1-3-18(2)13(6-4-5-7-13)10-17-12(19)8-11-9-14(11,15)16/h11H,3-10H2,1-2H3,(H,17,19). The van der Waals surface area contributed by atoms with Crippen LogP contribution in [0.15, 0.2) is 0 Å². The van der Waals surface area contributed by atoms with E-state index in [9.17, 15) is 13.6 Å². The Morgan fingerprint density at radius 3 is 2.42 bits per heavy atom. The van der Waals surface area contributed by atoms with E-state index < -0.39 is 11.8 Å². The molecule has 2 aliphatic carbocycles. The Bertz CT molecular complexity index is 340. The van der Waals surface area contributed by atoms with Crippen molar-refractivity contribution in [2.75, 3.05) is 20.1 Å². The van der Waals surface area contributed by atoms with Crippen molar-refractivity contribution in [3.8, 4) is 0 Å². The molecule has 0 aliphatic heterocycles. The van der Waals surface area contributed by atoms with Gasteiger partial charge in [0, 0.05) is 30.8 Å². The molecule has 0 heterocycles. The van der Waals surface area contributed by atoms with Crippen LogP contribution in [-0.2, 0) is 4.79 Å². The number of alkyl halides is 2. The molecule has 5 heteroatoms. The van der Waals surface area contributed by atoms with Gasteiger partial charge in [-0.05, 0) is 26.4 Å². The van der Waals surface area contributed by atoms with Crippen molar-refractivity contribution >= 4 is 5.91 Å². The van der Waals surface area contributed by atoms with Gasteiger partial charge in [0.15, 0.2) is 0 Å². The second-order valence-electron chi connectivity index (χ2n) is 6.09. The molecule has 0 radical (unpaired) electrons. The van der Waals surface area contributed by atoms with Gasteiger partial charge in [-0.2, -0.15) is 0 Å². The quantitative estimate of drug-likeness (QED) is 0.806. The van der Waals surface area contributed by atoms with E-state index in [4.69, 9.17) is 0 Å². The molecule has 2 aliphatic rings. The molecule has 2 fully saturated rings. The molecule has 0 saturated heterocycles. The minimum Gasteiger partial charge on any atom is -0.354 e. The van der Waals surface area contributed by atoms with Crippen molar-refractivity contribution in [1.82, 2.24) is 10.2 Å². The molecule has 2 rings (SSSR count). The summed E-state index contributed by atoms with van der Waals surface area (Å²) < 4.78 is 25.5. The zero-order valence-electron chi connectivity index (χ0n) is 11.8. The number of carbonyl (C=O) groups is 1. The average Bonchev–Trinajstić information content (AvgIpc) is 2.82. The summed E-state index contributed by atoms with van der Waals surface area (Å²) >= 11 is 0. The van der Waals surface area contributed by atoms with Gasteiger partial charge in [0.05, 0.1) is 0 Å². The number of nitrogens with one attached hydrogen (secondary N) is 1. The Hall–Kier alpha value is -0.710. The second kappa shape index (κ2) is 5.35. The third kappa shape index (κ3) is 3.25. The van der Waals surface area contributed by atoms with Gasteiger partial charge in [-0.25, -0.2) is 8.78 Å². The molecule has 0 spiro atoms. The fraction of sp³-hybridized carbons (Fsp3) is 0.929. The molecule has 3 nitrogen and oxygen atoms in total. The van der Waals surface area contributed by atoms with Crippen molar-refractivity contribution in [1.29, 1.82) is 0 Å². The molecular weight excluding hydrogens is 250 g/mol. The summed E-state index contributed by atoms with van der Waals surface area (Å²) in [5, 5.41) is 2.88. The number of carbonyl (C=O) groups excluding carboxylic acids is 1. The van der Waals surface area contributed by atoms with Crippen LogP contribution in [0.4, 0.5) is 8.78 Å². The van der Waals surface area contributed by atoms with Crippen LogP contribution in [0.25, 0.3) is 0 Å². The van der Waals surface area contributed by atoms with Crippen molar-refractivity contribution < 1.29 is 13.6 Å². The van der Waals surface area contributed by atoms with Crippen molar-refractivity contribution in [3.05, 3.63) is 0 Å². The first-order chi connectivity index (χ1) is 8.89. The Balaban J connectivity index is 1.81. The fourth-order valence-corrected chi connectivity index (χ4v) is 3.11. The van der Waals surface area contributed by atoms with Gasteiger partial charge >= 0.3 is 0 Å². The summed E-state index contributed by atoms with van der Waals surface area (Å²) in [6, 6.07) is 0. The monoisotopic (exact) mass is 274 g/mol. The molecule has 110 valence electrons. The zero-order chi connectivity index (χ0) is 14.1. The van der Waals surface area contributed by atoms with E-state index >= 15 is 0 Å². The van der Waals surface area contributed by atoms with Crippen LogP contribution in [0.5, 0.6) is 0 Å². The second-order valence-corrected chi connectivity index (χ2v) is 6.09. The fourth-order valence-electron chi connectivity index (χ4n) is 3.11. The van der Waals surface area contributed by atoms with Crippen LogP contribution in [-0.4, -0.2) is 42.4 Å². The first-order valence-electron chi connectivity index (χ1n) is 7.25. The predicted molar refractivity (Wildman–Crippen MR) is 70.2 cm³/mol. The number of hydrogen-bond acceptors (Lipinski definition) is 2. The van der Waals surface area contributed by atoms with Crippen LogP contribution in [0.3, 0.4) is 0 Å². The molecule has 0 aromatic rings. The van der Waals surface area contributed by atoms with Crippen LogP contribution >= 0.6 is 0 Å². The molecule has 1 atom stereocenters. The lowest BCUT2D eigenvalue weighted by Crippen LogP contribution is -2.52. The number of amides is 1. The highest BCUT2D eigenvalue weighted by molar-refractivity contribution is 5.76. The number of likely N-dealkylation sites (N-methyl/N-ethyl adjacent to an activating group) is 1. The van der Waals surface area contributed by atoms with Gasteiger partial charge in [-0.3, -0.25) is 9.69 Å². The summed E-state index contributed by atoms with van der Waals surface area (Å²) in [6.07, 6.45) is 4.37. The highest BCUT2D eigenvalue weighted by Crippen LogP contribution is 2.50. The van der Waals surface area contributed by atoms with Gasteiger partial charge in [0.25, 0.3) is 5.92 Å². The van der Waals surface area contributed by atoms with Crippen LogP contribution in [0, 0.1) is 5.92 Å². The third-order valence-electron chi connectivity index (χ3n) is 4.82. The zero-order valence-corrected chi connectivity index (χ0v) is 11.8. The molecule has 1 N–H and O–H groups in total. The lowest BCUT2D eigenvalue weighted by molar-refractivity contribution is -0.122. The number of hydrogen-bond donors (Lipinski definition) is 1. The van der Waals surface area contributed by atoms with Crippen LogP contribution in [0.2, 0.25) is 0 Å². The summed E-state index contributed by atoms with van der Waals surface area (Å²) in [6.45, 7) is 3.64. The first-order valence-corrected chi connectivity index (χ1v) is 7.25. The van der Waals surface area contributed by atoms with E-state index in [0.717, 1.165) is 19.4 Å². The Morgan fingerprint density at radius 2 is 1.95 bits per heavy atom. The maximum atomic E-state index is 12.8. The molecule has 0 bridgehead atoms. The molecule has 2 saturated carbocycles. The van der Waals surface area contributed by atoms with Gasteiger partial charge in [-0.1, -0.05) is 19.8 Å². The topological polar surface area (TPSA) is 32.3 Å². The highest BCUT2D eigenvalue weighted by Gasteiger charge is 2.57. The van der Waals surface area contributed by atoms with Gasteiger partial charge in [0.1, 0.15) is 0 Å². The number of halogens is 2. The third-order valence-corrected chi connectivity index (χ3v) is 4.82. The average molecular weight is 274 g/mol. The molecule has 0 aromatic carbocycles. The minimum atomic E-state index is -2.59. The Kier molecular flexibility index (Phi) is 4.14. The molecule has 1 unspecified atom stereocenters. The van der Waals surface area contributed by atoms with Crippen LogP contribution < -0.4 is 5.32 Å². The summed E-state index contributed by atoms with van der Waals surface area (Å²) in [7, 11) is 2.08. The summed E-state index contributed by atoms with van der Waals surface area (Å²) in [5.74, 6) is -3.54. The van der Waals surface area contributed by atoms with E-state index in [0.29, 0.717) is 6.54 Å². The Labute approximate surface area is 113 Å². The normalized spacial score (nSPS) is 27.5. The Morgan fingerprint density at radius 1 is 1.37 bits per heavy atom. The largest absolute Gasteiger partial charge is 0.354 e. The molecule has 19 heavy (non-hydrogen) atoms. The lowest BCUT2D eigenvalue weighted by atomic mass is 9.95. The van der Waals surface area contributed by atoms with Gasteiger partial charge in [0.2, 0.25) is 5.91 Å². The van der Waals surface area contributed by atoms with Gasteiger partial charge in [-0.15, -0.1) is 0 Å². The predicted octanol–water partition coefficient (Wildman–Crippen LogP) is 2.41. The summed E-state index contributed by atoms with van der Waals surface area (Å²) in [4.78, 5) is 14.0. The molecule has 0 aromatic heterocycles. The molecule has 1 amide bonds. The summed E-state index contributed by atoms with van der Waals surface area (Å²) in [5.41, 5.74) is 0.0382. The van der Waals surface area contributed by atoms with Gasteiger partial charge < -0.3 is 5.32 Å². The highest BCUT2D eigenvalue weighted by atomic mass is 19.3. The maximum absolute atomic E-state index is 12.8. The SMILES string of the molecule is CCN(C)C1(CNC(=O)CC2CC2(F)F)CCCC1.